The van der Waals surface area contributed by atoms with Gasteiger partial charge in [0.1, 0.15) is 11.6 Å². The Morgan fingerprint density at radius 1 is 1.26 bits per heavy atom. The van der Waals surface area contributed by atoms with Crippen molar-refractivity contribution < 1.29 is 9.53 Å². The molecule has 2 aromatic carbocycles. The fourth-order valence-corrected chi connectivity index (χ4v) is 2.44. The number of aromatic nitrogens is 2. The van der Waals surface area contributed by atoms with Gasteiger partial charge in [-0.25, -0.2) is 4.98 Å². The zero-order chi connectivity index (χ0) is 16.2. The fourth-order valence-electron chi connectivity index (χ4n) is 2.17. The SMILES string of the molecule is C[C@H](Oc1ccc(Br)cc1)C(=O)NCc1nc2ccccc2[nH]1. The van der Waals surface area contributed by atoms with Gasteiger partial charge in [0, 0.05) is 4.47 Å². The molecule has 0 unspecified atom stereocenters. The Morgan fingerprint density at radius 2 is 2.00 bits per heavy atom. The lowest BCUT2D eigenvalue weighted by Crippen LogP contribution is -2.36. The lowest BCUT2D eigenvalue weighted by molar-refractivity contribution is -0.127. The second-order valence-electron chi connectivity index (χ2n) is 5.13. The highest BCUT2D eigenvalue weighted by molar-refractivity contribution is 9.10. The van der Waals surface area contributed by atoms with Gasteiger partial charge in [-0.15, -0.1) is 0 Å². The van der Waals surface area contributed by atoms with E-state index in [1.54, 1.807) is 6.92 Å². The largest absolute Gasteiger partial charge is 0.481 e. The van der Waals surface area contributed by atoms with E-state index in [0.717, 1.165) is 21.3 Å². The van der Waals surface area contributed by atoms with Gasteiger partial charge in [0.05, 0.1) is 17.6 Å². The molecule has 1 aromatic heterocycles. The van der Waals surface area contributed by atoms with Crippen LogP contribution in [0.15, 0.2) is 53.0 Å². The maximum Gasteiger partial charge on any atom is 0.261 e. The van der Waals surface area contributed by atoms with Crippen LogP contribution in [0.3, 0.4) is 0 Å². The van der Waals surface area contributed by atoms with E-state index >= 15 is 0 Å². The molecule has 5 nitrogen and oxygen atoms in total. The first-order valence-corrected chi connectivity index (χ1v) is 8.04. The molecule has 3 rings (SSSR count). The zero-order valence-electron chi connectivity index (χ0n) is 12.5. The van der Waals surface area contributed by atoms with Gasteiger partial charge in [-0.2, -0.15) is 0 Å². The number of aromatic amines is 1. The van der Waals surface area contributed by atoms with Crippen molar-refractivity contribution >= 4 is 32.9 Å². The van der Waals surface area contributed by atoms with E-state index in [4.69, 9.17) is 4.74 Å². The number of carbonyl (C=O) groups is 1. The highest BCUT2D eigenvalue weighted by atomic mass is 79.9. The average molecular weight is 374 g/mol. The van der Waals surface area contributed by atoms with Crippen LogP contribution in [0.1, 0.15) is 12.7 Å². The minimum Gasteiger partial charge on any atom is -0.481 e. The van der Waals surface area contributed by atoms with Gasteiger partial charge in [-0.3, -0.25) is 4.79 Å². The normalized spacial score (nSPS) is 12.1. The topological polar surface area (TPSA) is 67.0 Å². The van der Waals surface area contributed by atoms with Crippen LogP contribution in [0.4, 0.5) is 0 Å². The fraction of sp³-hybridized carbons (Fsp3) is 0.176. The van der Waals surface area contributed by atoms with Crippen LogP contribution in [0.25, 0.3) is 11.0 Å². The summed E-state index contributed by atoms with van der Waals surface area (Å²) >= 11 is 3.36. The van der Waals surface area contributed by atoms with Crippen LogP contribution in [0.5, 0.6) is 5.75 Å². The smallest absolute Gasteiger partial charge is 0.261 e. The van der Waals surface area contributed by atoms with Gasteiger partial charge in [-0.05, 0) is 43.3 Å². The number of amides is 1. The summed E-state index contributed by atoms with van der Waals surface area (Å²) in [6.07, 6.45) is -0.583. The second kappa shape index (κ2) is 6.83. The Bertz CT molecular complexity index is 781. The minimum absolute atomic E-state index is 0.187. The number of nitrogens with zero attached hydrogens (tertiary/aromatic N) is 1. The second-order valence-corrected chi connectivity index (χ2v) is 6.05. The van der Waals surface area contributed by atoms with Crippen molar-refractivity contribution in [1.82, 2.24) is 15.3 Å². The maximum atomic E-state index is 12.1. The summed E-state index contributed by atoms with van der Waals surface area (Å²) in [5.41, 5.74) is 1.84. The van der Waals surface area contributed by atoms with Crippen LogP contribution in [-0.2, 0) is 11.3 Å². The van der Waals surface area contributed by atoms with Crippen molar-refractivity contribution in [2.24, 2.45) is 0 Å². The van der Waals surface area contributed by atoms with Crippen molar-refractivity contribution in [3.8, 4) is 5.75 Å². The summed E-state index contributed by atoms with van der Waals surface area (Å²) in [6.45, 7) is 2.05. The number of rotatable bonds is 5. The first-order chi connectivity index (χ1) is 11.1. The van der Waals surface area contributed by atoms with Crippen molar-refractivity contribution in [1.29, 1.82) is 0 Å². The molecule has 0 aliphatic heterocycles. The molecule has 0 bridgehead atoms. The van der Waals surface area contributed by atoms with Gasteiger partial charge in [-0.1, -0.05) is 28.1 Å². The molecule has 6 heteroatoms. The summed E-state index contributed by atoms with van der Waals surface area (Å²) in [7, 11) is 0. The highest BCUT2D eigenvalue weighted by Crippen LogP contribution is 2.17. The third kappa shape index (κ3) is 3.90. The molecular formula is C17H16BrN3O2. The van der Waals surface area contributed by atoms with E-state index in [0.29, 0.717) is 12.3 Å². The van der Waals surface area contributed by atoms with Crippen LogP contribution >= 0.6 is 15.9 Å². The van der Waals surface area contributed by atoms with Crippen LogP contribution in [0, 0.1) is 0 Å². The standard InChI is InChI=1S/C17H16BrN3O2/c1-11(23-13-8-6-12(18)7-9-13)17(22)19-10-16-20-14-4-2-3-5-15(14)21-16/h2-9,11H,10H2,1H3,(H,19,22)(H,20,21)/t11-/m0/s1. The molecule has 0 radical (unpaired) electrons. The van der Waals surface area contributed by atoms with Gasteiger partial charge in [0.25, 0.3) is 5.91 Å². The molecule has 0 fully saturated rings. The Hall–Kier alpha value is -2.34. The Kier molecular flexibility index (Phi) is 4.62. The maximum absolute atomic E-state index is 12.1. The Labute approximate surface area is 142 Å². The predicted octanol–water partition coefficient (Wildman–Crippen LogP) is 3.41. The van der Waals surface area contributed by atoms with E-state index < -0.39 is 6.10 Å². The Balaban J connectivity index is 1.56. The first kappa shape index (κ1) is 15.6. The summed E-state index contributed by atoms with van der Waals surface area (Å²) in [5.74, 6) is 1.18. The number of H-pyrrole nitrogens is 1. The molecule has 0 aliphatic rings. The Morgan fingerprint density at radius 3 is 2.74 bits per heavy atom. The van der Waals surface area contributed by atoms with E-state index in [1.165, 1.54) is 0 Å². The average Bonchev–Trinajstić information content (AvgIpc) is 2.97. The van der Waals surface area contributed by atoms with Crippen molar-refractivity contribution in [3.63, 3.8) is 0 Å². The lowest BCUT2D eigenvalue weighted by Gasteiger charge is -2.14. The first-order valence-electron chi connectivity index (χ1n) is 7.25. The van der Waals surface area contributed by atoms with E-state index in [9.17, 15) is 4.79 Å². The number of halogens is 1. The molecule has 0 aliphatic carbocycles. The third-order valence-electron chi connectivity index (χ3n) is 3.36. The third-order valence-corrected chi connectivity index (χ3v) is 3.89. The molecule has 0 spiro atoms. The minimum atomic E-state index is -0.583. The summed E-state index contributed by atoms with van der Waals surface area (Å²) in [5, 5.41) is 2.82. The highest BCUT2D eigenvalue weighted by Gasteiger charge is 2.15. The lowest BCUT2D eigenvalue weighted by atomic mass is 10.3. The quantitative estimate of drug-likeness (QED) is 0.719. The van der Waals surface area contributed by atoms with Crippen LogP contribution < -0.4 is 10.1 Å². The number of para-hydroxylation sites is 2. The summed E-state index contributed by atoms with van der Waals surface area (Å²) in [4.78, 5) is 19.7. The molecule has 3 aromatic rings. The monoisotopic (exact) mass is 373 g/mol. The molecule has 2 N–H and O–H groups in total. The van der Waals surface area contributed by atoms with Gasteiger partial charge >= 0.3 is 0 Å². The van der Waals surface area contributed by atoms with Crippen LogP contribution in [-0.4, -0.2) is 22.0 Å². The van der Waals surface area contributed by atoms with Gasteiger partial charge in [0.2, 0.25) is 0 Å². The number of ether oxygens (including phenoxy) is 1. The molecular weight excluding hydrogens is 358 g/mol. The molecule has 1 atom stereocenters. The van der Waals surface area contributed by atoms with Gasteiger partial charge in [0.15, 0.2) is 6.10 Å². The van der Waals surface area contributed by atoms with Crippen molar-refractivity contribution in [2.75, 3.05) is 0 Å². The van der Waals surface area contributed by atoms with Crippen LogP contribution in [0.2, 0.25) is 0 Å². The molecule has 118 valence electrons. The molecule has 23 heavy (non-hydrogen) atoms. The van der Waals surface area contributed by atoms with Gasteiger partial charge < -0.3 is 15.0 Å². The molecule has 0 saturated heterocycles. The molecule has 1 heterocycles. The van der Waals surface area contributed by atoms with Crippen molar-refractivity contribution in [2.45, 2.75) is 19.6 Å². The number of nitrogens with one attached hydrogen (secondary N) is 2. The van der Waals surface area contributed by atoms with Crippen molar-refractivity contribution in [3.05, 3.63) is 58.8 Å². The number of fused-ring (bicyclic) bond motifs is 1. The number of hydrogen-bond donors (Lipinski definition) is 2. The zero-order valence-corrected chi connectivity index (χ0v) is 14.1. The van der Waals surface area contributed by atoms with E-state index in [-0.39, 0.29) is 5.91 Å². The number of carbonyl (C=O) groups excluding carboxylic acids is 1. The molecule has 0 saturated carbocycles. The number of benzene rings is 2. The van der Waals surface area contributed by atoms with E-state index in [1.807, 2.05) is 48.5 Å². The summed E-state index contributed by atoms with van der Waals surface area (Å²) < 4.78 is 6.58. The predicted molar refractivity (Wildman–Crippen MR) is 92.2 cm³/mol. The van der Waals surface area contributed by atoms with E-state index in [2.05, 4.69) is 31.2 Å². The summed E-state index contributed by atoms with van der Waals surface area (Å²) in [6, 6.07) is 15.1. The number of imidazole rings is 1. The molecule has 1 amide bonds. The number of hydrogen-bond acceptors (Lipinski definition) is 3.